The van der Waals surface area contributed by atoms with Crippen LogP contribution in [-0.4, -0.2) is 23.8 Å². The number of rotatable bonds is 7. The first-order chi connectivity index (χ1) is 14.8. The molecule has 3 N–H and O–H groups in total. The Morgan fingerprint density at radius 3 is 2.03 bits per heavy atom. The monoisotopic (exact) mass is 425 g/mol. The molecule has 0 aromatic heterocycles. The Hall–Kier alpha value is -2.37. The fraction of sp³-hybridized carbons (Fsp3) is 0.640. The summed E-state index contributed by atoms with van der Waals surface area (Å²) >= 11 is 0. The summed E-state index contributed by atoms with van der Waals surface area (Å²) in [5.41, 5.74) is 6.21. The van der Waals surface area contributed by atoms with E-state index in [1.807, 2.05) is 44.2 Å². The minimum atomic E-state index is -0.698. The average Bonchev–Trinajstić information content (AvgIpc) is 2.69. The molecule has 0 unspecified atom stereocenters. The summed E-state index contributed by atoms with van der Waals surface area (Å²) in [5, 5.41) is 2.81. The Balaban J connectivity index is 1.27. The molecule has 0 radical (unpaired) electrons. The molecule has 31 heavy (non-hydrogen) atoms. The highest BCUT2D eigenvalue weighted by Crippen LogP contribution is 2.61. The van der Waals surface area contributed by atoms with Crippen LogP contribution in [0.4, 0.5) is 0 Å². The molecule has 3 amide bonds. The zero-order valence-electron chi connectivity index (χ0n) is 18.7. The van der Waals surface area contributed by atoms with Crippen molar-refractivity contribution in [2.45, 2.75) is 71.3 Å². The molecule has 4 saturated carbocycles. The first kappa shape index (κ1) is 21.8. The fourth-order valence-electron chi connectivity index (χ4n) is 6.64. The predicted octanol–water partition coefficient (Wildman–Crippen LogP) is 3.12. The van der Waals surface area contributed by atoms with E-state index in [0.29, 0.717) is 6.42 Å². The number of carbonyl (C=O) groups is 3. The number of nitrogens with one attached hydrogen (secondary N) is 3. The summed E-state index contributed by atoms with van der Waals surface area (Å²) < 4.78 is 0. The molecule has 0 saturated heterocycles. The second-order valence-corrected chi connectivity index (χ2v) is 10.6. The van der Waals surface area contributed by atoms with Crippen molar-refractivity contribution in [3.05, 3.63) is 35.9 Å². The minimum absolute atomic E-state index is 0.0974. The van der Waals surface area contributed by atoms with E-state index in [9.17, 15) is 14.4 Å². The number of hydrazine groups is 1. The van der Waals surface area contributed by atoms with Crippen LogP contribution in [0.3, 0.4) is 0 Å². The molecule has 4 aliphatic carbocycles. The van der Waals surface area contributed by atoms with E-state index in [4.69, 9.17) is 0 Å². The number of carbonyl (C=O) groups excluding carboxylic acids is 3. The van der Waals surface area contributed by atoms with Crippen molar-refractivity contribution in [1.29, 1.82) is 0 Å². The third-order valence-electron chi connectivity index (χ3n) is 7.50. The van der Waals surface area contributed by atoms with Gasteiger partial charge in [0.15, 0.2) is 0 Å². The predicted molar refractivity (Wildman–Crippen MR) is 118 cm³/mol. The maximum Gasteiger partial charge on any atom is 0.261 e. The zero-order valence-corrected chi connectivity index (χ0v) is 18.7. The van der Waals surface area contributed by atoms with Crippen LogP contribution in [0, 0.1) is 29.1 Å². The van der Waals surface area contributed by atoms with Crippen LogP contribution in [0.1, 0.15) is 64.4 Å². The van der Waals surface area contributed by atoms with Gasteiger partial charge in [0.1, 0.15) is 6.04 Å². The lowest BCUT2D eigenvalue weighted by Gasteiger charge is -2.56. The molecule has 4 bridgehead atoms. The first-order valence-electron chi connectivity index (χ1n) is 11.7. The van der Waals surface area contributed by atoms with Crippen molar-refractivity contribution in [2.24, 2.45) is 29.1 Å². The van der Waals surface area contributed by atoms with E-state index in [-0.39, 0.29) is 35.5 Å². The molecule has 168 valence electrons. The van der Waals surface area contributed by atoms with Gasteiger partial charge < -0.3 is 5.32 Å². The second kappa shape index (κ2) is 9.01. The van der Waals surface area contributed by atoms with Crippen LogP contribution in [0.2, 0.25) is 0 Å². The molecule has 0 heterocycles. The van der Waals surface area contributed by atoms with Crippen LogP contribution in [0.25, 0.3) is 0 Å². The highest BCUT2D eigenvalue weighted by atomic mass is 16.2. The molecule has 4 aliphatic rings. The van der Waals surface area contributed by atoms with Gasteiger partial charge in [0.05, 0.1) is 6.42 Å². The Kier molecular flexibility index (Phi) is 6.35. The van der Waals surface area contributed by atoms with Crippen LogP contribution < -0.4 is 16.2 Å². The molecule has 1 aromatic rings. The van der Waals surface area contributed by atoms with Gasteiger partial charge in [0, 0.05) is 6.42 Å². The highest BCUT2D eigenvalue weighted by molar-refractivity contribution is 5.90. The second-order valence-electron chi connectivity index (χ2n) is 10.6. The standard InChI is InChI=1S/C25H35N3O3/c1-16(2)23(26-21(29)11-17-6-4-3-5-7-17)24(31)28-27-22(30)15-25-12-18-8-19(13-25)10-20(9-18)14-25/h3-7,16,18-20,23H,8-15H2,1-2H3,(H,26,29)(H,27,30)(H,28,31)/t18?,19?,20?,23-,25?/m0/s1. The minimum Gasteiger partial charge on any atom is -0.344 e. The summed E-state index contributed by atoms with van der Waals surface area (Å²) in [6, 6.07) is 8.74. The van der Waals surface area contributed by atoms with Gasteiger partial charge in [-0.15, -0.1) is 0 Å². The Bertz CT molecular complexity index is 785. The lowest BCUT2D eigenvalue weighted by molar-refractivity contribution is -0.136. The first-order valence-corrected chi connectivity index (χ1v) is 11.7. The Morgan fingerprint density at radius 1 is 0.903 bits per heavy atom. The third-order valence-corrected chi connectivity index (χ3v) is 7.50. The zero-order chi connectivity index (χ0) is 22.0. The van der Waals surface area contributed by atoms with Crippen LogP contribution in [0.5, 0.6) is 0 Å². The number of amides is 3. The molecule has 5 rings (SSSR count). The van der Waals surface area contributed by atoms with E-state index in [0.717, 1.165) is 42.6 Å². The van der Waals surface area contributed by atoms with Gasteiger partial charge in [0.25, 0.3) is 5.91 Å². The van der Waals surface area contributed by atoms with Gasteiger partial charge in [-0.1, -0.05) is 44.2 Å². The molecule has 6 nitrogen and oxygen atoms in total. The van der Waals surface area contributed by atoms with Gasteiger partial charge in [-0.2, -0.15) is 0 Å². The maximum atomic E-state index is 12.7. The van der Waals surface area contributed by atoms with Crippen LogP contribution >= 0.6 is 0 Å². The van der Waals surface area contributed by atoms with Crippen molar-refractivity contribution in [3.63, 3.8) is 0 Å². The number of hydrogen-bond donors (Lipinski definition) is 3. The topological polar surface area (TPSA) is 87.3 Å². The largest absolute Gasteiger partial charge is 0.344 e. The van der Waals surface area contributed by atoms with Crippen molar-refractivity contribution in [2.75, 3.05) is 0 Å². The molecular weight excluding hydrogens is 390 g/mol. The summed E-state index contributed by atoms with van der Waals surface area (Å²) in [6.07, 6.45) is 8.21. The normalized spacial score (nSPS) is 29.5. The van der Waals surface area contributed by atoms with Crippen molar-refractivity contribution in [3.8, 4) is 0 Å². The molecule has 0 spiro atoms. The van der Waals surface area contributed by atoms with E-state index < -0.39 is 6.04 Å². The summed E-state index contributed by atoms with van der Waals surface area (Å²) in [6.45, 7) is 3.76. The fourth-order valence-corrected chi connectivity index (χ4v) is 6.64. The van der Waals surface area contributed by atoms with Crippen molar-refractivity contribution < 1.29 is 14.4 Å². The van der Waals surface area contributed by atoms with E-state index in [1.165, 1.54) is 19.3 Å². The summed E-state index contributed by atoms with van der Waals surface area (Å²) in [7, 11) is 0. The number of hydrogen-bond acceptors (Lipinski definition) is 3. The molecule has 1 atom stereocenters. The van der Waals surface area contributed by atoms with Gasteiger partial charge in [-0.3, -0.25) is 25.2 Å². The Labute approximate surface area is 184 Å². The van der Waals surface area contributed by atoms with Crippen molar-refractivity contribution >= 4 is 17.7 Å². The molecular formula is C25H35N3O3. The maximum absolute atomic E-state index is 12.7. The molecule has 0 aliphatic heterocycles. The quantitative estimate of drug-likeness (QED) is 0.587. The smallest absolute Gasteiger partial charge is 0.261 e. The Morgan fingerprint density at radius 2 is 1.48 bits per heavy atom. The van der Waals surface area contributed by atoms with Crippen LogP contribution in [0.15, 0.2) is 30.3 Å². The van der Waals surface area contributed by atoms with E-state index in [2.05, 4.69) is 16.2 Å². The lowest BCUT2D eigenvalue weighted by atomic mass is 9.49. The van der Waals surface area contributed by atoms with Crippen LogP contribution in [-0.2, 0) is 20.8 Å². The summed E-state index contributed by atoms with van der Waals surface area (Å²) in [5.74, 6) is 1.57. The van der Waals surface area contributed by atoms with E-state index in [1.54, 1.807) is 0 Å². The summed E-state index contributed by atoms with van der Waals surface area (Å²) in [4.78, 5) is 37.8. The SMILES string of the molecule is CC(C)[C@H](NC(=O)Cc1ccccc1)C(=O)NNC(=O)CC12CC3CC(CC(C3)C1)C2. The molecule has 6 heteroatoms. The lowest BCUT2D eigenvalue weighted by Crippen LogP contribution is -2.55. The average molecular weight is 426 g/mol. The third kappa shape index (κ3) is 5.28. The molecule has 4 fully saturated rings. The van der Waals surface area contributed by atoms with Gasteiger partial charge in [-0.05, 0) is 73.2 Å². The van der Waals surface area contributed by atoms with Crippen molar-refractivity contribution in [1.82, 2.24) is 16.2 Å². The number of benzene rings is 1. The highest BCUT2D eigenvalue weighted by Gasteiger charge is 2.51. The van der Waals surface area contributed by atoms with Gasteiger partial charge in [0.2, 0.25) is 11.8 Å². The van der Waals surface area contributed by atoms with Gasteiger partial charge in [-0.25, -0.2) is 0 Å². The molecule has 1 aromatic carbocycles. The van der Waals surface area contributed by atoms with Gasteiger partial charge >= 0.3 is 0 Å². The van der Waals surface area contributed by atoms with E-state index >= 15 is 0 Å².